The molecule has 0 atom stereocenters. The maximum absolute atomic E-state index is 12.4. The van der Waals surface area contributed by atoms with Crippen molar-refractivity contribution in [2.75, 3.05) is 18.0 Å². The van der Waals surface area contributed by atoms with Crippen LogP contribution in [0.1, 0.15) is 42.1 Å². The average Bonchev–Trinajstić information content (AvgIpc) is 2.79. The lowest BCUT2D eigenvalue weighted by Crippen LogP contribution is -2.37. The molecular formula is C16H20N2O2. The predicted octanol–water partition coefficient (Wildman–Crippen LogP) is 2.13. The third kappa shape index (κ3) is 2.19. The van der Waals surface area contributed by atoms with E-state index in [2.05, 4.69) is 5.32 Å². The zero-order valence-electron chi connectivity index (χ0n) is 11.8. The largest absolute Gasteiger partial charge is 0.352 e. The van der Waals surface area contributed by atoms with Crippen LogP contribution >= 0.6 is 0 Å². The summed E-state index contributed by atoms with van der Waals surface area (Å²) in [5, 5.41) is 2.80. The molecule has 1 fully saturated rings. The fourth-order valence-corrected chi connectivity index (χ4v) is 2.91. The predicted molar refractivity (Wildman–Crippen MR) is 77.8 cm³/mol. The second-order valence-electron chi connectivity index (χ2n) is 5.57. The Morgan fingerprint density at radius 2 is 2.15 bits per heavy atom. The van der Waals surface area contributed by atoms with Crippen LogP contribution in [0.3, 0.4) is 0 Å². The molecule has 1 N–H and O–H groups in total. The molecular weight excluding hydrogens is 252 g/mol. The second kappa shape index (κ2) is 5.27. The number of fused-ring (bicyclic) bond motifs is 1. The molecule has 20 heavy (non-hydrogen) atoms. The van der Waals surface area contributed by atoms with Gasteiger partial charge in [-0.15, -0.1) is 0 Å². The van der Waals surface area contributed by atoms with Crippen molar-refractivity contribution in [3.8, 4) is 0 Å². The minimum Gasteiger partial charge on any atom is -0.352 e. The molecule has 1 aliphatic heterocycles. The van der Waals surface area contributed by atoms with Gasteiger partial charge in [-0.05, 0) is 49.9 Å². The van der Waals surface area contributed by atoms with Crippen LogP contribution < -0.4 is 10.2 Å². The van der Waals surface area contributed by atoms with Crippen LogP contribution in [0.4, 0.5) is 5.69 Å². The molecule has 0 bridgehead atoms. The summed E-state index contributed by atoms with van der Waals surface area (Å²) in [4.78, 5) is 26.1. The lowest BCUT2D eigenvalue weighted by molar-refractivity contribution is -0.124. The van der Waals surface area contributed by atoms with Gasteiger partial charge in [0.15, 0.2) is 0 Å². The summed E-state index contributed by atoms with van der Waals surface area (Å²) in [5.41, 5.74) is 2.79. The van der Waals surface area contributed by atoms with E-state index in [1.807, 2.05) is 30.0 Å². The molecule has 1 aromatic carbocycles. The number of nitrogens with one attached hydrogen (secondary N) is 1. The van der Waals surface area contributed by atoms with E-state index < -0.39 is 0 Å². The van der Waals surface area contributed by atoms with Crippen LogP contribution in [0.25, 0.3) is 0 Å². The summed E-state index contributed by atoms with van der Waals surface area (Å²) in [6.45, 7) is 3.29. The Morgan fingerprint density at radius 1 is 1.35 bits per heavy atom. The molecule has 4 nitrogen and oxygen atoms in total. The molecule has 0 saturated heterocycles. The van der Waals surface area contributed by atoms with E-state index in [-0.39, 0.29) is 17.7 Å². The zero-order valence-corrected chi connectivity index (χ0v) is 11.8. The molecule has 3 rings (SSSR count). The SMILES string of the molecule is CCNC(=O)c1ccc2c(c1)CCN2C(=O)C1CCC1. The van der Waals surface area contributed by atoms with E-state index in [9.17, 15) is 9.59 Å². The van der Waals surface area contributed by atoms with E-state index in [0.29, 0.717) is 12.1 Å². The van der Waals surface area contributed by atoms with Crippen LogP contribution in [-0.2, 0) is 11.2 Å². The van der Waals surface area contributed by atoms with Crippen molar-refractivity contribution in [1.29, 1.82) is 0 Å². The van der Waals surface area contributed by atoms with Gasteiger partial charge >= 0.3 is 0 Å². The van der Waals surface area contributed by atoms with Gasteiger partial charge in [0.25, 0.3) is 5.91 Å². The van der Waals surface area contributed by atoms with Gasteiger partial charge in [-0.1, -0.05) is 6.42 Å². The van der Waals surface area contributed by atoms with E-state index >= 15 is 0 Å². The fraction of sp³-hybridized carbons (Fsp3) is 0.500. The molecule has 0 aromatic heterocycles. The van der Waals surface area contributed by atoms with Crippen molar-refractivity contribution in [3.05, 3.63) is 29.3 Å². The van der Waals surface area contributed by atoms with Crippen LogP contribution in [0.15, 0.2) is 18.2 Å². The summed E-state index contributed by atoms with van der Waals surface area (Å²) in [6, 6.07) is 5.66. The minimum atomic E-state index is -0.0425. The first kappa shape index (κ1) is 13.2. The van der Waals surface area contributed by atoms with Gasteiger partial charge in [0.1, 0.15) is 0 Å². The maximum atomic E-state index is 12.4. The number of hydrogen-bond acceptors (Lipinski definition) is 2. The number of carbonyl (C=O) groups is 2. The highest BCUT2D eigenvalue weighted by Crippen LogP contribution is 2.34. The van der Waals surface area contributed by atoms with Crippen molar-refractivity contribution in [3.63, 3.8) is 0 Å². The Labute approximate surface area is 119 Å². The summed E-state index contributed by atoms with van der Waals surface area (Å²) in [6.07, 6.45) is 4.08. The first-order valence-corrected chi connectivity index (χ1v) is 7.43. The summed E-state index contributed by atoms with van der Waals surface area (Å²) in [5.74, 6) is 0.448. The van der Waals surface area contributed by atoms with Crippen LogP contribution in [0.2, 0.25) is 0 Å². The molecule has 1 aromatic rings. The topological polar surface area (TPSA) is 49.4 Å². The number of benzene rings is 1. The summed E-state index contributed by atoms with van der Waals surface area (Å²) in [7, 11) is 0. The monoisotopic (exact) mass is 272 g/mol. The van der Waals surface area contributed by atoms with Gasteiger partial charge in [0.05, 0.1) is 0 Å². The van der Waals surface area contributed by atoms with Gasteiger partial charge in [0.2, 0.25) is 5.91 Å². The van der Waals surface area contributed by atoms with Gasteiger partial charge in [-0.25, -0.2) is 0 Å². The molecule has 1 aliphatic carbocycles. The average molecular weight is 272 g/mol. The van der Waals surface area contributed by atoms with Crippen LogP contribution in [0, 0.1) is 5.92 Å². The smallest absolute Gasteiger partial charge is 0.251 e. The van der Waals surface area contributed by atoms with E-state index in [1.165, 1.54) is 6.42 Å². The lowest BCUT2D eigenvalue weighted by atomic mass is 9.84. The maximum Gasteiger partial charge on any atom is 0.251 e. The minimum absolute atomic E-state index is 0.0425. The van der Waals surface area contributed by atoms with Crippen molar-refractivity contribution in [2.45, 2.75) is 32.6 Å². The Morgan fingerprint density at radius 3 is 2.80 bits per heavy atom. The van der Waals surface area contributed by atoms with Gasteiger partial charge in [-0.2, -0.15) is 0 Å². The number of hydrogen-bond donors (Lipinski definition) is 1. The van der Waals surface area contributed by atoms with Crippen molar-refractivity contribution < 1.29 is 9.59 Å². The number of rotatable bonds is 3. The Hall–Kier alpha value is -1.84. The highest BCUT2D eigenvalue weighted by molar-refractivity contribution is 5.99. The van der Waals surface area contributed by atoms with Gasteiger partial charge in [0, 0.05) is 30.3 Å². The Balaban J connectivity index is 1.80. The molecule has 1 saturated carbocycles. The molecule has 0 radical (unpaired) electrons. The summed E-state index contributed by atoms with van der Waals surface area (Å²) >= 11 is 0. The van der Waals surface area contributed by atoms with Crippen LogP contribution in [0.5, 0.6) is 0 Å². The molecule has 1 heterocycles. The number of nitrogens with zero attached hydrogens (tertiary/aromatic N) is 1. The quantitative estimate of drug-likeness (QED) is 0.916. The Kier molecular flexibility index (Phi) is 3.47. The van der Waals surface area contributed by atoms with Crippen molar-refractivity contribution >= 4 is 17.5 Å². The number of amides is 2. The highest BCUT2D eigenvalue weighted by atomic mass is 16.2. The third-order valence-corrected chi connectivity index (χ3v) is 4.30. The number of carbonyl (C=O) groups excluding carboxylic acids is 2. The van der Waals surface area contributed by atoms with Crippen LogP contribution in [-0.4, -0.2) is 24.9 Å². The molecule has 0 spiro atoms. The molecule has 106 valence electrons. The standard InChI is InChI=1S/C16H20N2O2/c1-2-17-15(19)13-6-7-14-12(10-13)8-9-18(14)16(20)11-4-3-5-11/h6-7,10-11H,2-5,8-9H2,1H3,(H,17,19). The van der Waals surface area contributed by atoms with Gasteiger partial charge in [-0.3, -0.25) is 9.59 Å². The summed E-state index contributed by atoms with van der Waals surface area (Å²) < 4.78 is 0. The lowest BCUT2D eigenvalue weighted by Gasteiger charge is -2.29. The first-order valence-electron chi connectivity index (χ1n) is 7.43. The molecule has 2 aliphatic rings. The molecule has 2 amide bonds. The zero-order chi connectivity index (χ0) is 14.1. The Bertz CT molecular complexity index is 549. The van der Waals surface area contributed by atoms with Crippen molar-refractivity contribution in [1.82, 2.24) is 5.32 Å². The highest BCUT2D eigenvalue weighted by Gasteiger charge is 2.33. The van der Waals surface area contributed by atoms with E-state index in [1.54, 1.807) is 0 Å². The molecule has 4 heteroatoms. The van der Waals surface area contributed by atoms with E-state index in [4.69, 9.17) is 0 Å². The van der Waals surface area contributed by atoms with E-state index in [0.717, 1.165) is 37.1 Å². The van der Waals surface area contributed by atoms with Crippen molar-refractivity contribution in [2.24, 2.45) is 5.92 Å². The normalized spacial score (nSPS) is 17.6. The third-order valence-electron chi connectivity index (χ3n) is 4.30. The molecule has 0 unspecified atom stereocenters. The fourth-order valence-electron chi connectivity index (χ4n) is 2.91. The number of anilines is 1. The van der Waals surface area contributed by atoms with Gasteiger partial charge < -0.3 is 10.2 Å². The first-order chi connectivity index (χ1) is 9.70. The second-order valence-corrected chi connectivity index (χ2v) is 5.57.